The predicted octanol–water partition coefficient (Wildman–Crippen LogP) is 4.60. The average molecular weight is 457 g/mol. The lowest BCUT2D eigenvalue weighted by atomic mass is 10.0. The second-order valence-electron chi connectivity index (χ2n) is 7.53. The van der Waals surface area contributed by atoms with Crippen LogP contribution in [-0.4, -0.2) is 31.1 Å². The van der Waals surface area contributed by atoms with E-state index >= 15 is 0 Å². The third-order valence-corrected chi connectivity index (χ3v) is 5.59. The lowest BCUT2D eigenvalue weighted by Gasteiger charge is -2.22. The molecule has 32 heavy (non-hydrogen) atoms. The van der Waals surface area contributed by atoms with Crippen LogP contribution in [0.4, 0.5) is 42.5 Å². The number of amides is 3. The fourth-order valence-electron chi connectivity index (χ4n) is 4.04. The highest BCUT2D eigenvalue weighted by molar-refractivity contribution is 6.03. The smallest absolute Gasteiger partial charge is 0.326 e. The number of hydrogen-bond acceptors (Lipinski definition) is 2. The van der Waals surface area contributed by atoms with E-state index in [-0.39, 0.29) is 42.9 Å². The van der Waals surface area contributed by atoms with Crippen molar-refractivity contribution in [3.8, 4) is 0 Å². The van der Waals surface area contributed by atoms with E-state index in [1.807, 2.05) is 0 Å². The summed E-state index contributed by atoms with van der Waals surface area (Å²) in [7, 11) is 0. The van der Waals surface area contributed by atoms with E-state index in [0.717, 1.165) is 18.2 Å². The van der Waals surface area contributed by atoms with Gasteiger partial charge in [0.05, 0.1) is 11.1 Å². The molecule has 1 unspecified atom stereocenters. The number of carbonyl (C=O) groups is 2. The molecule has 1 fully saturated rings. The van der Waals surface area contributed by atoms with Crippen LogP contribution in [0.2, 0.25) is 0 Å². The molecule has 2 aromatic rings. The standard InChI is InChI=1S/C21H17F6N3O2/c22-20(23,24)12-4-6-13(7-5-12)29-11-9-16(18(29)31)28-19(32)30-10-8-14-15(21(25,26)27)2-1-3-17(14)30/h1-7,16H,8-11H2,(H,28,32). The summed E-state index contributed by atoms with van der Waals surface area (Å²) in [5.41, 5.74) is -1.21. The minimum Gasteiger partial charge on any atom is -0.326 e. The number of carbonyl (C=O) groups excluding carboxylic acids is 2. The molecule has 3 amide bonds. The largest absolute Gasteiger partial charge is 0.416 e. The van der Waals surface area contributed by atoms with Gasteiger partial charge in [0.15, 0.2) is 0 Å². The van der Waals surface area contributed by atoms with Gasteiger partial charge in [-0.15, -0.1) is 0 Å². The molecule has 0 aromatic heterocycles. The Kier molecular flexibility index (Phi) is 5.30. The summed E-state index contributed by atoms with van der Waals surface area (Å²) in [5.74, 6) is -0.499. The molecule has 2 heterocycles. The Morgan fingerprint density at radius 3 is 2.25 bits per heavy atom. The van der Waals surface area contributed by atoms with Gasteiger partial charge in [-0.1, -0.05) is 6.07 Å². The molecule has 170 valence electrons. The van der Waals surface area contributed by atoms with Gasteiger partial charge in [-0.25, -0.2) is 4.79 Å². The van der Waals surface area contributed by atoms with E-state index in [4.69, 9.17) is 0 Å². The SMILES string of the molecule is O=C1C(NC(=O)N2CCc3c2cccc3C(F)(F)F)CCN1c1ccc(C(F)(F)F)cc1. The number of nitrogens with zero attached hydrogens (tertiary/aromatic N) is 2. The minimum absolute atomic E-state index is 0.0271. The van der Waals surface area contributed by atoms with E-state index in [9.17, 15) is 35.9 Å². The number of halogens is 6. The summed E-state index contributed by atoms with van der Waals surface area (Å²) >= 11 is 0. The number of hydrogen-bond donors (Lipinski definition) is 1. The van der Waals surface area contributed by atoms with Crippen LogP contribution in [0.25, 0.3) is 0 Å². The Bertz CT molecular complexity index is 1050. The van der Waals surface area contributed by atoms with Gasteiger partial charge in [0, 0.05) is 24.5 Å². The van der Waals surface area contributed by atoms with Crippen LogP contribution in [0.3, 0.4) is 0 Å². The van der Waals surface area contributed by atoms with Crippen molar-refractivity contribution in [1.82, 2.24) is 5.32 Å². The van der Waals surface area contributed by atoms with Crippen molar-refractivity contribution in [3.05, 3.63) is 59.2 Å². The first-order valence-corrected chi connectivity index (χ1v) is 9.72. The molecular weight excluding hydrogens is 440 g/mol. The van der Waals surface area contributed by atoms with E-state index in [2.05, 4.69) is 5.32 Å². The third kappa shape index (κ3) is 3.98. The first-order chi connectivity index (χ1) is 15.0. The van der Waals surface area contributed by atoms with Gasteiger partial charge in [0.1, 0.15) is 6.04 Å². The maximum Gasteiger partial charge on any atom is 0.416 e. The van der Waals surface area contributed by atoms with Gasteiger partial charge in [-0.05, 0) is 54.8 Å². The molecule has 1 atom stereocenters. The molecule has 11 heteroatoms. The van der Waals surface area contributed by atoms with Crippen LogP contribution in [0.1, 0.15) is 23.1 Å². The maximum absolute atomic E-state index is 13.2. The Hall–Kier alpha value is -3.24. The fraction of sp³-hybridized carbons (Fsp3) is 0.333. The number of alkyl halides is 6. The highest BCUT2D eigenvalue weighted by Gasteiger charge is 2.40. The second kappa shape index (κ2) is 7.72. The van der Waals surface area contributed by atoms with Crippen LogP contribution in [0.5, 0.6) is 0 Å². The molecule has 2 aliphatic rings. The van der Waals surface area contributed by atoms with Crippen molar-refractivity contribution in [1.29, 1.82) is 0 Å². The van der Waals surface area contributed by atoms with Gasteiger partial charge < -0.3 is 10.2 Å². The third-order valence-electron chi connectivity index (χ3n) is 5.59. The van der Waals surface area contributed by atoms with Crippen molar-refractivity contribution in [3.63, 3.8) is 0 Å². The van der Waals surface area contributed by atoms with Crippen LogP contribution < -0.4 is 15.1 Å². The highest BCUT2D eigenvalue weighted by Crippen LogP contribution is 2.39. The zero-order valence-electron chi connectivity index (χ0n) is 16.4. The number of anilines is 2. The van der Waals surface area contributed by atoms with Crippen molar-refractivity contribution >= 4 is 23.3 Å². The minimum atomic E-state index is -4.54. The summed E-state index contributed by atoms with van der Waals surface area (Å²) in [6.45, 7) is 0.224. The van der Waals surface area contributed by atoms with E-state index in [0.29, 0.717) is 0 Å². The molecule has 4 rings (SSSR count). The molecule has 0 aliphatic carbocycles. The van der Waals surface area contributed by atoms with Crippen LogP contribution >= 0.6 is 0 Å². The number of fused-ring (bicyclic) bond motifs is 1. The Labute approximate surface area is 178 Å². The van der Waals surface area contributed by atoms with Crippen molar-refractivity contribution in [2.24, 2.45) is 0 Å². The predicted molar refractivity (Wildman–Crippen MR) is 103 cm³/mol. The molecule has 1 saturated heterocycles. The highest BCUT2D eigenvalue weighted by atomic mass is 19.4. The first kappa shape index (κ1) is 22.0. The maximum atomic E-state index is 13.2. The quantitative estimate of drug-likeness (QED) is 0.671. The summed E-state index contributed by atoms with van der Waals surface area (Å²) < 4.78 is 77.8. The molecule has 2 aliphatic heterocycles. The Morgan fingerprint density at radius 1 is 0.938 bits per heavy atom. The molecule has 5 nitrogen and oxygen atoms in total. The molecule has 1 N–H and O–H groups in total. The van der Waals surface area contributed by atoms with Gasteiger partial charge in [0.25, 0.3) is 0 Å². The molecule has 2 aromatic carbocycles. The Balaban J connectivity index is 1.46. The van der Waals surface area contributed by atoms with E-state index in [1.54, 1.807) is 0 Å². The van der Waals surface area contributed by atoms with Gasteiger partial charge in [0.2, 0.25) is 5.91 Å². The second-order valence-corrected chi connectivity index (χ2v) is 7.53. The lowest BCUT2D eigenvalue weighted by Crippen LogP contribution is -2.47. The normalized spacial score (nSPS) is 18.8. The fourth-order valence-corrected chi connectivity index (χ4v) is 4.04. The molecule has 0 bridgehead atoms. The number of urea groups is 1. The first-order valence-electron chi connectivity index (χ1n) is 9.72. The zero-order chi connectivity index (χ0) is 23.3. The molecule has 0 spiro atoms. The van der Waals surface area contributed by atoms with Crippen LogP contribution in [-0.2, 0) is 23.6 Å². The summed E-state index contributed by atoms with van der Waals surface area (Å²) in [5, 5.41) is 2.54. The zero-order valence-corrected chi connectivity index (χ0v) is 16.4. The summed E-state index contributed by atoms with van der Waals surface area (Å²) in [6.07, 6.45) is -8.78. The van der Waals surface area contributed by atoms with Crippen molar-refractivity contribution in [2.45, 2.75) is 31.2 Å². The lowest BCUT2D eigenvalue weighted by molar-refractivity contribution is -0.138. The number of rotatable bonds is 2. The van der Waals surface area contributed by atoms with E-state index in [1.165, 1.54) is 34.1 Å². The summed E-state index contributed by atoms with van der Waals surface area (Å²) in [4.78, 5) is 27.8. The van der Waals surface area contributed by atoms with Crippen LogP contribution in [0, 0.1) is 0 Å². The molecule has 0 saturated carbocycles. The Morgan fingerprint density at radius 2 is 1.62 bits per heavy atom. The van der Waals surface area contributed by atoms with E-state index < -0.39 is 41.5 Å². The van der Waals surface area contributed by atoms with Crippen LogP contribution in [0.15, 0.2) is 42.5 Å². The number of nitrogens with one attached hydrogen (secondary N) is 1. The van der Waals surface area contributed by atoms with Gasteiger partial charge >= 0.3 is 18.4 Å². The summed E-state index contributed by atoms with van der Waals surface area (Å²) in [6, 6.07) is 6.07. The van der Waals surface area contributed by atoms with Gasteiger partial charge in [-0.3, -0.25) is 9.69 Å². The molecule has 0 radical (unpaired) electrons. The van der Waals surface area contributed by atoms with Crippen molar-refractivity contribution in [2.75, 3.05) is 22.9 Å². The average Bonchev–Trinajstić information content (AvgIpc) is 3.30. The van der Waals surface area contributed by atoms with Gasteiger partial charge in [-0.2, -0.15) is 26.3 Å². The van der Waals surface area contributed by atoms with Crippen molar-refractivity contribution < 1.29 is 35.9 Å². The number of benzene rings is 2. The monoisotopic (exact) mass is 457 g/mol. The molecular formula is C21H17F6N3O2. The topological polar surface area (TPSA) is 52.7 Å².